The van der Waals surface area contributed by atoms with Gasteiger partial charge < -0.3 is 34.6 Å². The minimum atomic E-state index is -0.730. The Labute approximate surface area is 271 Å². The number of carbonyl (C=O) groups is 3. The number of hydrogen-bond acceptors (Lipinski definition) is 7. The number of nitrogens with one attached hydrogen (secondary N) is 2. The van der Waals surface area contributed by atoms with Gasteiger partial charge in [0.2, 0.25) is 17.7 Å². The van der Waals surface area contributed by atoms with Crippen molar-refractivity contribution >= 4 is 23.4 Å². The molecule has 2 fully saturated rings. The molecule has 2 aliphatic rings. The molecular weight excluding hydrogens is 582 g/mol. The van der Waals surface area contributed by atoms with Crippen molar-refractivity contribution in [1.82, 2.24) is 30.0 Å². The first-order chi connectivity index (χ1) is 22.4. The summed E-state index contributed by atoms with van der Waals surface area (Å²) in [5, 5.41) is 3.02. The van der Waals surface area contributed by atoms with Gasteiger partial charge in [-0.15, -0.1) is 0 Å². The monoisotopic (exact) mass is 629 g/mol. The standard InChI is InChI=1S/C35H47N7O4/c1-4-39(5-2)21-22-41-26-42(29-9-7-6-8-10-29)35(34(41)45)17-19-40(20-18-35)33(44)31(23-27-11-14-30(46-3)15-12-27)38-32(43)16-13-28-24-36-25-37-28/h6-12,14-15,24-25,31H,4-5,13,16-23,26H2,1-3H3,(H,36,37)(H,38,43)/t31-/m1/s1. The lowest BCUT2D eigenvalue weighted by Crippen LogP contribution is -2.59. The molecule has 0 unspecified atom stereocenters. The number of rotatable bonds is 14. The minimum absolute atomic E-state index is 0.129. The average Bonchev–Trinajstić information content (AvgIpc) is 3.71. The number of piperidine rings is 1. The number of nitrogens with zero attached hydrogens (tertiary/aromatic N) is 5. The van der Waals surface area contributed by atoms with E-state index < -0.39 is 11.6 Å². The molecule has 2 aliphatic heterocycles. The van der Waals surface area contributed by atoms with Crippen LogP contribution in [0.5, 0.6) is 5.75 Å². The molecule has 3 amide bonds. The van der Waals surface area contributed by atoms with E-state index >= 15 is 0 Å². The molecule has 11 heteroatoms. The normalized spacial score (nSPS) is 16.7. The van der Waals surface area contributed by atoms with E-state index in [1.165, 1.54) is 0 Å². The number of likely N-dealkylation sites (tertiary alicyclic amines) is 1. The number of amides is 3. The van der Waals surface area contributed by atoms with E-state index in [1.54, 1.807) is 19.6 Å². The lowest BCUT2D eigenvalue weighted by molar-refractivity contribution is -0.140. The van der Waals surface area contributed by atoms with Crippen molar-refractivity contribution in [3.63, 3.8) is 0 Å². The number of carbonyl (C=O) groups excluding carboxylic acids is 3. The van der Waals surface area contributed by atoms with Crippen LogP contribution < -0.4 is 15.0 Å². The Hall–Kier alpha value is -4.38. The Morgan fingerprint density at radius 3 is 2.41 bits per heavy atom. The summed E-state index contributed by atoms with van der Waals surface area (Å²) in [6.07, 6.45) is 5.43. The van der Waals surface area contributed by atoms with Crippen LogP contribution in [0.2, 0.25) is 0 Å². The van der Waals surface area contributed by atoms with Crippen molar-refractivity contribution in [1.29, 1.82) is 0 Å². The lowest BCUT2D eigenvalue weighted by Gasteiger charge is -2.44. The minimum Gasteiger partial charge on any atom is -0.497 e. The highest BCUT2D eigenvalue weighted by atomic mass is 16.5. The fraction of sp³-hybridized carbons (Fsp3) is 0.486. The van der Waals surface area contributed by atoms with Crippen molar-refractivity contribution in [2.24, 2.45) is 0 Å². The Kier molecular flexibility index (Phi) is 11.0. The number of benzene rings is 2. The molecule has 2 saturated heterocycles. The molecular formula is C35H47N7O4. The van der Waals surface area contributed by atoms with Crippen LogP contribution >= 0.6 is 0 Å². The molecule has 3 heterocycles. The van der Waals surface area contributed by atoms with Crippen molar-refractivity contribution in [2.75, 3.05) is 57.9 Å². The van der Waals surface area contributed by atoms with Gasteiger partial charge >= 0.3 is 0 Å². The molecule has 0 aliphatic carbocycles. The molecule has 1 atom stereocenters. The number of H-pyrrole nitrogens is 1. The van der Waals surface area contributed by atoms with E-state index in [1.807, 2.05) is 52.3 Å². The van der Waals surface area contributed by atoms with Crippen molar-refractivity contribution in [2.45, 2.75) is 57.5 Å². The van der Waals surface area contributed by atoms with Crippen LogP contribution in [0.3, 0.4) is 0 Å². The van der Waals surface area contributed by atoms with E-state index in [4.69, 9.17) is 4.74 Å². The maximum Gasteiger partial charge on any atom is 0.250 e. The van der Waals surface area contributed by atoms with Crippen LogP contribution in [0.25, 0.3) is 0 Å². The molecule has 5 rings (SSSR count). The molecule has 1 spiro atoms. The number of hydrogen-bond donors (Lipinski definition) is 2. The van der Waals surface area contributed by atoms with Gasteiger partial charge in [-0.2, -0.15) is 0 Å². The number of aryl methyl sites for hydroxylation is 1. The number of imidazole rings is 1. The predicted molar refractivity (Wildman–Crippen MR) is 177 cm³/mol. The lowest BCUT2D eigenvalue weighted by atomic mass is 9.85. The van der Waals surface area contributed by atoms with Crippen LogP contribution in [0, 0.1) is 0 Å². The van der Waals surface area contributed by atoms with E-state index in [-0.39, 0.29) is 24.1 Å². The maximum absolute atomic E-state index is 14.2. The molecule has 0 radical (unpaired) electrons. The van der Waals surface area contributed by atoms with Crippen LogP contribution in [0.4, 0.5) is 5.69 Å². The first-order valence-corrected chi connectivity index (χ1v) is 16.4. The fourth-order valence-electron chi connectivity index (χ4n) is 6.63. The summed E-state index contributed by atoms with van der Waals surface area (Å²) in [7, 11) is 1.61. The summed E-state index contributed by atoms with van der Waals surface area (Å²) in [4.78, 5) is 56.7. The quantitative estimate of drug-likeness (QED) is 0.282. The van der Waals surface area contributed by atoms with Gasteiger partial charge in [0.1, 0.15) is 17.3 Å². The Morgan fingerprint density at radius 1 is 1.07 bits per heavy atom. The second-order valence-corrected chi connectivity index (χ2v) is 12.1. The third kappa shape index (κ3) is 7.52. The fourth-order valence-corrected chi connectivity index (χ4v) is 6.63. The molecule has 11 nitrogen and oxygen atoms in total. The van der Waals surface area contributed by atoms with Crippen LogP contribution in [0.15, 0.2) is 67.1 Å². The highest BCUT2D eigenvalue weighted by molar-refractivity contribution is 5.94. The van der Waals surface area contributed by atoms with Gasteiger partial charge in [-0.3, -0.25) is 14.4 Å². The van der Waals surface area contributed by atoms with Gasteiger partial charge in [-0.05, 0) is 62.2 Å². The second-order valence-electron chi connectivity index (χ2n) is 12.1. The number of para-hydroxylation sites is 1. The molecule has 2 aromatic carbocycles. The zero-order valence-electron chi connectivity index (χ0n) is 27.3. The van der Waals surface area contributed by atoms with Gasteiger partial charge in [0.25, 0.3) is 0 Å². The number of ether oxygens (including phenoxy) is 1. The van der Waals surface area contributed by atoms with Gasteiger partial charge in [0, 0.05) is 56.6 Å². The Bertz CT molecular complexity index is 1420. The van der Waals surface area contributed by atoms with Crippen molar-refractivity contribution in [3.8, 4) is 5.75 Å². The number of anilines is 1. The summed E-state index contributed by atoms with van der Waals surface area (Å²) < 4.78 is 5.30. The molecule has 1 aromatic heterocycles. The summed E-state index contributed by atoms with van der Waals surface area (Å²) in [6, 6.07) is 16.9. The largest absolute Gasteiger partial charge is 0.497 e. The summed E-state index contributed by atoms with van der Waals surface area (Å²) >= 11 is 0. The van der Waals surface area contributed by atoms with E-state index in [2.05, 4.69) is 51.1 Å². The Morgan fingerprint density at radius 2 is 1.78 bits per heavy atom. The topological polar surface area (TPSA) is 114 Å². The first-order valence-electron chi connectivity index (χ1n) is 16.4. The highest BCUT2D eigenvalue weighted by Gasteiger charge is 2.54. The number of aromatic amines is 1. The van der Waals surface area contributed by atoms with Gasteiger partial charge in [-0.1, -0.05) is 44.2 Å². The first kappa shape index (κ1) is 33.0. The highest BCUT2D eigenvalue weighted by Crippen LogP contribution is 2.39. The zero-order valence-corrected chi connectivity index (χ0v) is 27.3. The van der Waals surface area contributed by atoms with Gasteiger partial charge in [0.05, 0.1) is 20.1 Å². The predicted octanol–water partition coefficient (Wildman–Crippen LogP) is 3.09. The summed E-state index contributed by atoms with van der Waals surface area (Å²) in [5.41, 5.74) is 2.10. The maximum atomic E-state index is 14.2. The summed E-state index contributed by atoms with van der Waals surface area (Å²) in [5.74, 6) is 0.542. The van der Waals surface area contributed by atoms with E-state index in [9.17, 15) is 14.4 Å². The number of methoxy groups -OCH3 is 1. The van der Waals surface area contributed by atoms with Gasteiger partial charge in [-0.25, -0.2) is 4.98 Å². The van der Waals surface area contributed by atoms with Crippen LogP contribution in [-0.4, -0.2) is 107 Å². The third-order valence-corrected chi connectivity index (χ3v) is 9.47. The van der Waals surface area contributed by atoms with Crippen molar-refractivity contribution < 1.29 is 19.1 Å². The van der Waals surface area contributed by atoms with Gasteiger partial charge in [0.15, 0.2) is 0 Å². The van der Waals surface area contributed by atoms with Crippen molar-refractivity contribution in [3.05, 3.63) is 78.4 Å². The molecule has 0 saturated carbocycles. The molecule has 46 heavy (non-hydrogen) atoms. The average molecular weight is 630 g/mol. The smallest absolute Gasteiger partial charge is 0.250 e. The number of likely N-dealkylation sites (N-methyl/N-ethyl adjacent to an activating group) is 1. The van der Waals surface area contributed by atoms with E-state index in [0.29, 0.717) is 52.0 Å². The summed E-state index contributed by atoms with van der Waals surface area (Å²) in [6.45, 7) is 9.07. The molecule has 246 valence electrons. The number of aromatic nitrogens is 2. The molecule has 3 aromatic rings. The van der Waals surface area contributed by atoms with Crippen LogP contribution in [0.1, 0.15) is 44.4 Å². The molecule has 2 N–H and O–H groups in total. The molecule has 0 bridgehead atoms. The third-order valence-electron chi connectivity index (χ3n) is 9.47. The zero-order chi connectivity index (χ0) is 32.5. The SMILES string of the molecule is CCN(CC)CCN1CN(c2ccccc2)C2(CCN(C(=O)[C@@H](Cc3ccc(OC)cc3)NC(=O)CCc3cnc[nH]3)CC2)C1=O. The van der Waals surface area contributed by atoms with E-state index in [0.717, 1.165) is 42.3 Å². The second kappa shape index (κ2) is 15.3. The Balaban J connectivity index is 1.30. The van der Waals surface area contributed by atoms with Crippen LogP contribution in [-0.2, 0) is 27.2 Å².